The number of likely N-dealkylation sites (N-methyl/N-ethyl adjacent to an activating group) is 1. The highest BCUT2D eigenvalue weighted by Crippen LogP contribution is 2.31. The Labute approximate surface area is 135 Å². The van der Waals surface area contributed by atoms with Crippen molar-refractivity contribution < 1.29 is 14.3 Å². The van der Waals surface area contributed by atoms with Crippen LogP contribution in [0.3, 0.4) is 0 Å². The van der Waals surface area contributed by atoms with Gasteiger partial charge in [0.05, 0.1) is 30.9 Å². The molecule has 0 saturated carbocycles. The van der Waals surface area contributed by atoms with Gasteiger partial charge in [-0.3, -0.25) is 4.79 Å². The molecule has 0 radical (unpaired) electrons. The van der Waals surface area contributed by atoms with E-state index in [0.717, 1.165) is 19.5 Å². The van der Waals surface area contributed by atoms with Gasteiger partial charge in [-0.25, -0.2) is 0 Å². The Balaban J connectivity index is 1.91. The van der Waals surface area contributed by atoms with Crippen LogP contribution < -0.4 is 4.74 Å². The van der Waals surface area contributed by atoms with Gasteiger partial charge in [0.1, 0.15) is 11.3 Å². The molecule has 2 fully saturated rings. The molecule has 0 N–H and O–H groups in total. The Morgan fingerprint density at radius 2 is 2.23 bits per heavy atom. The first kappa shape index (κ1) is 15.6. The molecule has 0 aromatic heterocycles. The summed E-state index contributed by atoms with van der Waals surface area (Å²) in [5.74, 6) is 0.445. The largest absolute Gasteiger partial charge is 0.496 e. The van der Waals surface area contributed by atoms with Gasteiger partial charge in [-0.15, -0.1) is 0 Å². The summed E-state index contributed by atoms with van der Waals surface area (Å²) in [5.41, 5.74) is 0.445. The number of carbonyl (C=O) groups is 1. The number of hydrogen-bond donors (Lipinski definition) is 0. The van der Waals surface area contributed by atoms with Crippen LogP contribution in [-0.2, 0) is 4.74 Å². The van der Waals surface area contributed by atoms with Crippen molar-refractivity contribution in [2.45, 2.75) is 18.6 Å². The molecule has 120 valence electrons. The number of rotatable bonds is 2. The minimum atomic E-state index is -0.0731. The normalized spacial score (nSPS) is 25.7. The third kappa shape index (κ3) is 2.81. The molecule has 2 atom stereocenters. The first-order chi connectivity index (χ1) is 10.6. The SMILES string of the molecule is COc1cccc(Cl)c1C(=O)N1CCO[C@@H]2CCN(C)C[C@H]21. The molecule has 5 nitrogen and oxygen atoms in total. The molecular formula is C16H21ClN2O3. The maximum Gasteiger partial charge on any atom is 0.259 e. The molecule has 1 aromatic rings. The molecular weight excluding hydrogens is 304 g/mol. The number of piperidine rings is 1. The van der Waals surface area contributed by atoms with Crippen LogP contribution >= 0.6 is 11.6 Å². The van der Waals surface area contributed by atoms with Gasteiger partial charge in [0.25, 0.3) is 5.91 Å². The Hall–Kier alpha value is -1.30. The van der Waals surface area contributed by atoms with Gasteiger partial charge in [-0.05, 0) is 25.6 Å². The van der Waals surface area contributed by atoms with E-state index in [1.807, 2.05) is 4.90 Å². The number of halogens is 1. The lowest BCUT2D eigenvalue weighted by molar-refractivity contribution is -0.0870. The highest BCUT2D eigenvalue weighted by Gasteiger charge is 2.39. The summed E-state index contributed by atoms with van der Waals surface area (Å²) in [6, 6.07) is 5.35. The fraction of sp³-hybridized carbons (Fsp3) is 0.562. The minimum absolute atomic E-state index is 0.0704. The number of fused-ring (bicyclic) bond motifs is 1. The average molecular weight is 325 g/mol. The zero-order valence-electron chi connectivity index (χ0n) is 12.9. The second-order valence-corrected chi connectivity index (χ2v) is 6.25. The van der Waals surface area contributed by atoms with E-state index in [9.17, 15) is 4.79 Å². The van der Waals surface area contributed by atoms with E-state index in [1.54, 1.807) is 25.3 Å². The van der Waals surface area contributed by atoms with Crippen LogP contribution in [-0.4, -0.2) is 68.3 Å². The second-order valence-electron chi connectivity index (χ2n) is 5.84. The number of likely N-dealkylation sites (tertiary alicyclic amines) is 1. The van der Waals surface area contributed by atoms with E-state index in [-0.39, 0.29) is 18.1 Å². The Morgan fingerprint density at radius 1 is 1.41 bits per heavy atom. The van der Waals surface area contributed by atoms with E-state index in [0.29, 0.717) is 29.5 Å². The molecule has 22 heavy (non-hydrogen) atoms. The third-order valence-corrected chi connectivity index (χ3v) is 4.77. The van der Waals surface area contributed by atoms with Crippen LogP contribution in [0.1, 0.15) is 16.8 Å². The van der Waals surface area contributed by atoms with Crippen molar-refractivity contribution in [2.24, 2.45) is 0 Å². The molecule has 2 heterocycles. The van der Waals surface area contributed by atoms with Gasteiger partial charge < -0.3 is 19.3 Å². The number of morpholine rings is 1. The molecule has 2 aliphatic heterocycles. The number of ether oxygens (including phenoxy) is 2. The Morgan fingerprint density at radius 3 is 3.00 bits per heavy atom. The molecule has 1 aromatic carbocycles. The van der Waals surface area contributed by atoms with Gasteiger partial charge in [0.15, 0.2) is 0 Å². The Bertz CT molecular complexity index is 566. The van der Waals surface area contributed by atoms with Crippen molar-refractivity contribution in [3.8, 4) is 5.75 Å². The van der Waals surface area contributed by atoms with Gasteiger partial charge >= 0.3 is 0 Å². The van der Waals surface area contributed by atoms with E-state index < -0.39 is 0 Å². The average Bonchev–Trinajstić information content (AvgIpc) is 2.53. The van der Waals surface area contributed by atoms with Gasteiger partial charge in [-0.1, -0.05) is 17.7 Å². The summed E-state index contributed by atoms with van der Waals surface area (Å²) in [6.45, 7) is 2.98. The predicted octanol–water partition coefficient (Wildman–Crippen LogP) is 1.89. The summed E-state index contributed by atoms with van der Waals surface area (Å²) >= 11 is 6.26. The molecule has 6 heteroatoms. The molecule has 0 spiro atoms. The van der Waals surface area contributed by atoms with Crippen LogP contribution in [0.2, 0.25) is 5.02 Å². The van der Waals surface area contributed by atoms with Gasteiger partial charge in [-0.2, -0.15) is 0 Å². The zero-order valence-corrected chi connectivity index (χ0v) is 13.7. The smallest absolute Gasteiger partial charge is 0.259 e. The number of amides is 1. The fourth-order valence-electron chi connectivity index (χ4n) is 3.31. The van der Waals surface area contributed by atoms with E-state index in [2.05, 4.69) is 11.9 Å². The van der Waals surface area contributed by atoms with E-state index in [1.165, 1.54) is 0 Å². The lowest BCUT2D eigenvalue weighted by Crippen LogP contribution is -2.60. The zero-order chi connectivity index (χ0) is 15.7. The maximum absolute atomic E-state index is 13.0. The van der Waals surface area contributed by atoms with Gasteiger partial charge in [0.2, 0.25) is 0 Å². The van der Waals surface area contributed by atoms with Crippen molar-refractivity contribution >= 4 is 17.5 Å². The lowest BCUT2D eigenvalue weighted by atomic mass is 9.98. The van der Waals surface area contributed by atoms with E-state index >= 15 is 0 Å². The Kier molecular flexibility index (Phi) is 4.57. The number of methoxy groups -OCH3 is 1. The summed E-state index contributed by atoms with van der Waals surface area (Å²) in [4.78, 5) is 17.2. The van der Waals surface area contributed by atoms with Crippen LogP contribution in [0.25, 0.3) is 0 Å². The summed E-state index contributed by atoms with van der Waals surface area (Å²) in [5, 5.41) is 0.427. The van der Waals surface area contributed by atoms with E-state index in [4.69, 9.17) is 21.1 Å². The van der Waals surface area contributed by atoms with Gasteiger partial charge in [0, 0.05) is 19.6 Å². The summed E-state index contributed by atoms with van der Waals surface area (Å²) < 4.78 is 11.2. The van der Waals surface area contributed by atoms with Crippen molar-refractivity contribution in [1.29, 1.82) is 0 Å². The monoisotopic (exact) mass is 324 g/mol. The summed E-state index contributed by atoms with van der Waals surface area (Å²) in [6.07, 6.45) is 1.06. The van der Waals surface area contributed by atoms with Crippen LogP contribution in [0.4, 0.5) is 0 Å². The first-order valence-electron chi connectivity index (χ1n) is 7.55. The molecule has 0 aliphatic carbocycles. The van der Waals surface area contributed by atoms with Crippen LogP contribution in [0.15, 0.2) is 18.2 Å². The highest BCUT2D eigenvalue weighted by molar-refractivity contribution is 6.34. The van der Waals surface area contributed by atoms with Crippen LogP contribution in [0.5, 0.6) is 5.75 Å². The molecule has 2 saturated heterocycles. The number of nitrogens with zero attached hydrogens (tertiary/aromatic N) is 2. The molecule has 0 unspecified atom stereocenters. The highest BCUT2D eigenvalue weighted by atomic mass is 35.5. The van der Waals surface area contributed by atoms with Crippen molar-refractivity contribution in [3.63, 3.8) is 0 Å². The molecule has 3 rings (SSSR count). The maximum atomic E-state index is 13.0. The minimum Gasteiger partial charge on any atom is -0.496 e. The first-order valence-corrected chi connectivity index (χ1v) is 7.93. The topological polar surface area (TPSA) is 42.0 Å². The van der Waals surface area contributed by atoms with Crippen molar-refractivity contribution in [2.75, 3.05) is 40.4 Å². The van der Waals surface area contributed by atoms with Crippen molar-refractivity contribution in [1.82, 2.24) is 9.80 Å². The quantitative estimate of drug-likeness (QED) is 0.833. The third-order valence-electron chi connectivity index (χ3n) is 4.46. The fourth-order valence-corrected chi connectivity index (χ4v) is 3.55. The number of hydrogen-bond acceptors (Lipinski definition) is 4. The number of benzene rings is 1. The van der Waals surface area contributed by atoms with Crippen LogP contribution in [0, 0.1) is 0 Å². The summed E-state index contributed by atoms with van der Waals surface area (Å²) in [7, 11) is 3.63. The molecule has 0 bridgehead atoms. The van der Waals surface area contributed by atoms with Crippen molar-refractivity contribution in [3.05, 3.63) is 28.8 Å². The lowest BCUT2D eigenvalue weighted by Gasteiger charge is -2.46. The number of carbonyl (C=O) groups excluding carboxylic acids is 1. The second kappa shape index (κ2) is 6.44. The molecule has 1 amide bonds. The standard InChI is InChI=1S/C16H21ClN2O3/c1-18-7-6-13-12(10-18)19(8-9-22-13)16(20)15-11(17)4-3-5-14(15)21-2/h3-5,12-13H,6-10H2,1-2H3/t12-,13-/m1/s1. The molecule has 2 aliphatic rings. The predicted molar refractivity (Wildman–Crippen MR) is 84.7 cm³/mol.